The molecule has 5 aromatic rings. The number of oxazole rings is 1. The molecule has 0 unspecified atom stereocenters. The molecule has 0 aliphatic rings. The van der Waals surface area contributed by atoms with Crippen LogP contribution in [0.25, 0.3) is 33.3 Å². The summed E-state index contributed by atoms with van der Waals surface area (Å²) in [5.74, 6) is 0.576. The number of ether oxygens (including phenoxy) is 1. The molecular formula is C27H20BrN3O3S. The molecule has 1 amide bonds. The third-order valence-electron chi connectivity index (χ3n) is 5.64. The third-order valence-corrected chi connectivity index (χ3v) is 6.63. The number of thiocarbonyl (C=S) groups is 1. The number of hydrogen-bond donors (Lipinski definition) is 2. The summed E-state index contributed by atoms with van der Waals surface area (Å²) in [5.41, 5.74) is 4.36. The van der Waals surface area contributed by atoms with E-state index in [-0.39, 0.29) is 11.0 Å². The average molecular weight is 546 g/mol. The molecule has 1 aromatic heterocycles. The quantitative estimate of drug-likeness (QED) is 0.240. The largest absolute Gasteiger partial charge is 0.495 e. The second kappa shape index (κ2) is 9.48. The van der Waals surface area contributed by atoms with Gasteiger partial charge >= 0.3 is 0 Å². The Labute approximate surface area is 215 Å². The van der Waals surface area contributed by atoms with E-state index in [0.29, 0.717) is 21.7 Å². The number of benzene rings is 4. The molecule has 174 valence electrons. The minimum atomic E-state index is -0.376. The minimum absolute atomic E-state index is 0.166. The lowest BCUT2D eigenvalue weighted by atomic mass is 10.1. The van der Waals surface area contributed by atoms with Gasteiger partial charge in [0, 0.05) is 11.3 Å². The molecule has 6 nitrogen and oxygen atoms in total. The molecular weight excluding hydrogens is 526 g/mol. The smallest absolute Gasteiger partial charge is 0.261 e. The summed E-state index contributed by atoms with van der Waals surface area (Å²) in [4.78, 5) is 17.7. The van der Waals surface area contributed by atoms with Crippen molar-refractivity contribution in [3.8, 4) is 17.2 Å². The number of amides is 1. The highest BCUT2D eigenvalue weighted by Crippen LogP contribution is 2.36. The van der Waals surface area contributed by atoms with Gasteiger partial charge in [0.1, 0.15) is 11.3 Å². The van der Waals surface area contributed by atoms with Gasteiger partial charge in [-0.05, 0) is 81.7 Å². The number of anilines is 1. The lowest BCUT2D eigenvalue weighted by Crippen LogP contribution is -2.34. The summed E-state index contributed by atoms with van der Waals surface area (Å²) in [7, 11) is 1.53. The van der Waals surface area contributed by atoms with Gasteiger partial charge in [0.15, 0.2) is 10.7 Å². The topological polar surface area (TPSA) is 76.4 Å². The number of aryl methyl sites for hydroxylation is 1. The first-order valence-corrected chi connectivity index (χ1v) is 12.0. The van der Waals surface area contributed by atoms with Crippen LogP contribution in [-0.4, -0.2) is 23.1 Å². The number of nitrogens with zero attached hydrogens (tertiary/aromatic N) is 1. The van der Waals surface area contributed by atoms with Crippen molar-refractivity contribution >= 4 is 66.7 Å². The number of carbonyl (C=O) groups excluding carboxylic acids is 1. The predicted octanol–water partition coefficient (Wildman–Crippen LogP) is 6.85. The number of para-hydroxylation sites is 2. The number of methoxy groups -OCH3 is 1. The molecule has 0 radical (unpaired) electrons. The molecule has 8 heteroatoms. The number of halogens is 1. The van der Waals surface area contributed by atoms with Crippen molar-refractivity contribution < 1.29 is 13.9 Å². The molecule has 0 saturated heterocycles. The van der Waals surface area contributed by atoms with Gasteiger partial charge in [-0.1, -0.05) is 42.5 Å². The molecule has 1 heterocycles. The Kier molecular flexibility index (Phi) is 6.23. The van der Waals surface area contributed by atoms with E-state index in [1.54, 1.807) is 6.07 Å². The fourth-order valence-corrected chi connectivity index (χ4v) is 4.80. The summed E-state index contributed by atoms with van der Waals surface area (Å²) in [6, 6.07) is 22.9. The zero-order chi connectivity index (χ0) is 24.5. The van der Waals surface area contributed by atoms with Crippen molar-refractivity contribution in [2.75, 3.05) is 12.4 Å². The van der Waals surface area contributed by atoms with Gasteiger partial charge in [0.25, 0.3) is 5.91 Å². The van der Waals surface area contributed by atoms with Crippen LogP contribution in [0.3, 0.4) is 0 Å². The molecule has 35 heavy (non-hydrogen) atoms. The Morgan fingerprint density at radius 1 is 1.06 bits per heavy atom. The van der Waals surface area contributed by atoms with Crippen LogP contribution >= 0.6 is 28.1 Å². The first kappa shape index (κ1) is 23.0. The second-order valence-corrected chi connectivity index (χ2v) is 9.12. The summed E-state index contributed by atoms with van der Waals surface area (Å²) in [6.07, 6.45) is 0. The molecule has 4 aromatic carbocycles. The lowest BCUT2D eigenvalue weighted by Gasteiger charge is -2.15. The third kappa shape index (κ3) is 4.50. The Hall–Kier alpha value is -3.75. The number of hydrogen-bond acceptors (Lipinski definition) is 5. The fraction of sp³-hybridized carbons (Fsp3) is 0.0741. The molecule has 2 N–H and O–H groups in total. The predicted molar refractivity (Wildman–Crippen MR) is 146 cm³/mol. The van der Waals surface area contributed by atoms with Gasteiger partial charge in [0.05, 0.1) is 17.1 Å². The minimum Gasteiger partial charge on any atom is -0.495 e. The van der Waals surface area contributed by atoms with Gasteiger partial charge in [-0.15, -0.1) is 0 Å². The average Bonchev–Trinajstić information content (AvgIpc) is 3.29. The number of aromatic nitrogens is 1. The van der Waals surface area contributed by atoms with Crippen LogP contribution in [0.2, 0.25) is 0 Å². The van der Waals surface area contributed by atoms with Crippen LogP contribution < -0.4 is 15.4 Å². The van der Waals surface area contributed by atoms with Gasteiger partial charge < -0.3 is 14.5 Å². The van der Waals surface area contributed by atoms with E-state index in [9.17, 15) is 4.79 Å². The Morgan fingerprint density at radius 2 is 1.83 bits per heavy atom. The highest BCUT2D eigenvalue weighted by atomic mass is 79.9. The van der Waals surface area contributed by atoms with Crippen LogP contribution in [0, 0.1) is 6.92 Å². The van der Waals surface area contributed by atoms with E-state index in [2.05, 4.69) is 31.5 Å². The molecule has 5 rings (SSSR count). The maximum atomic E-state index is 13.1. The van der Waals surface area contributed by atoms with Crippen LogP contribution in [-0.2, 0) is 0 Å². The number of fused-ring (bicyclic) bond motifs is 2. The first-order chi connectivity index (χ1) is 16.9. The summed E-state index contributed by atoms with van der Waals surface area (Å²) in [6.45, 7) is 1.95. The zero-order valence-electron chi connectivity index (χ0n) is 18.9. The van der Waals surface area contributed by atoms with Crippen molar-refractivity contribution in [2.45, 2.75) is 6.92 Å². The van der Waals surface area contributed by atoms with E-state index in [4.69, 9.17) is 21.4 Å². The standard InChI is InChI=1S/C27H20BrN3O3S/c1-15-11-12-17(26-29-20-9-5-6-10-22(20)34-26)14-21(15)30-27(35)31-25(32)19-13-16-7-3-4-8-18(16)23(28)24(19)33-2/h3-14H,1-2H3,(H2,30,31,32,35). The monoisotopic (exact) mass is 545 g/mol. The molecule has 0 aliphatic carbocycles. The van der Waals surface area contributed by atoms with E-state index >= 15 is 0 Å². The SMILES string of the molecule is COc1c(C(=O)NC(=S)Nc2cc(-c3nc4ccccc4o3)ccc2C)cc2ccccc2c1Br. The molecule has 0 aliphatic heterocycles. The first-order valence-electron chi connectivity index (χ1n) is 10.8. The van der Waals surface area contributed by atoms with Crippen LogP contribution in [0.5, 0.6) is 5.75 Å². The van der Waals surface area contributed by atoms with Crippen molar-refractivity contribution in [3.63, 3.8) is 0 Å². The van der Waals surface area contributed by atoms with E-state index < -0.39 is 0 Å². The molecule has 0 atom stereocenters. The van der Waals surface area contributed by atoms with E-state index in [0.717, 1.165) is 38.7 Å². The number of carbonyl (C=O) groups is 1. The van der Waals surface area contributed by atoms with Gasteiger partial charge in [-0.25, -0.2) is 4.98 Å². The normalized spacial score (nSPS) is 10.9. The molecule has 0 bridgehead atoms. The number of rotatable bonds is 4. The van der Waals surface area contributed by atoms with Crippen molar-refractivity contribution in [1.82, 2.24) is 10.3 Å². The van der Waals surface area contributed by atoms with E-state index in [1.165, 1.54) is 7.11 Å². The highest BCUT2D eigenvalue weighted by Gasteiger charge is 2.19. The van der Waals surface area contributed by atoms with E-state index in [1.807, 2.05) is 73.7 Å². The van der Waals surface area contributed by atoms with Gasteiger partial charge in [0.2, 0.25) is 5.89 Å². The maximum absolute atomic E-state index is 13.1. The van der Waals surface area contributed by atoms with Crippen molar-refractivity contribution in [2.24, 2.45) is 0 Å². The number of nitrogens with one attached hydrogen (secondary N) is 2. The Morgan fingerprint density at radius 3 is 2.63 bits per heavy atom. The molecule has 0 fully saturated rings. The summed E-state index contributed by atoms with van der Waals surface area (Å²) < 4.78 is 12.1. The maximum Gasteiger partial charge on any atom is 0.261 e. The fourth-order valence-electron chi connectivity index (χ4n) is 3.86. The molecule has 0 spiro atoms. The molecule has 0 saturated carbocycles. The van der Waals surface area contributed by atoms with Crippen LogP contribution in [0.1, 0.15) is 15.9 Å². The van der Waals surface area contributed by atoms with Crippen molar-refractivity contribution in [1.29, 1.82) is 0 Å². The highest BCUT2D eigenvalue weighted by molar-refractivity contribution is 9.10. The Bertz CT molecular complexity index is 1580. The van der Waals surface area contributed by atoms with Gasteiger partial charge in [-0.3, -0.25) is 10.1 Å². The van der Waals surface area contributed by atoms with Crippen LogP contribution in [0.15, 0.2) is 81.7 Å². The van der Waals surface area contributed by atoms with Crippen molar-refractivity contribution in [3.05, 3.63) is 88.4 Å². The second-order valence-electron chi connectivity index (χ2n) is 7.92. The zero-order valence-corrected chi connectivity index (χ0v) is 21.3. The summed E-state index contributed by atoms with van der Waals surface area (Å²) >= 11 is 9.02. The Balaban J connectivity index is 1.39. The van der Waals surface area contributed by atoms with Gasteiger partial charge in [-0.2, -0.15) is 0 Å². The van der Waals surface area contributed by atoms with Crippen LogP contribution in [0.4, 0.5) is 5.69 Å². The summed E-state index contributed by atoms with van der Waals surface area (Å²) in [5, 5.41) is 7.91. The lowest BCUT2D eigenvalue weighted by molar-refractivity contribution is 0.0975.